The largest absolute Gasteiger partial charge is 0.433 e. The van der Waals surface area contributed by atoms with Crippen molar-refractivity contribution in [3.63, 3.8) is 0 Å². The van der Waals surface area contributed by atoms with E-state index in [0.717, 1.165) is 24.1 Å². The van der Waals surface area contributed by atoms with Crippen molar-refractivity contribution in [3.05, 3.63) is 83.3 Å². The van der Waals surface area contributed by atoms with Gasteiger partial charge in [0, 0.05) is 43.6 Å². The van der Waals surface area contributed by atoms with Crippen molar-refractivity contribution in [3.8, 4) is 0 Å². The Labute approximate surface area is 260 Å². The van der Waals surface area contributed by atoms with Crippen molar-refractivity contribution >= 4 is 38.9 Å². The smallest absolute Gasteiger partial charge is 0.356 e. The van der Waals surface area contributed by atoms with E-state index in [4.69, 9.17) is 0 Å². The highest BCUT2D eigenvalue weighted by Crippen LogP contribution is 2.34. The number of nitrogens with one attached hydrogen (secondary N) is 1. The van der Waals surface area contributed by atoms with Gasteiger partial charge >= 0.3 is 6.18 Å². The summed E-state index contributed by atoms with van der Waals surface area (Å²) in [5, 5.41) is 0. The summed E-state index contributed by atoms with van der Waals surface area (Å²) in [7, 11) is -3.69. The minimum Gasteiger partial charge on any atom is -0.356 e. The van der Waals surface area contributed by atoms with Gasteiger partial charge < -0.3 is 9.80 Å². The summed E-state index contributed by atoms with van der Waals surface area (Å²) in [6, 6.07) is 15.2. The van der Waals surface area contributed by atoms with Gasteiger partial charge in [-0.25, -0.2) is 17.8 Å². The maximum atomic E-state index is 14.5. The van der Waals surface area contributed by atoms with E-state index >= 15 is 0 Å². The molecule has 0 spiro atoms. The maximum absolute atomic E-state index is 14.5. The number of amides is 1. The fourth-order valence-corrected chi connectivity index (χ4v) is 6.07. The van der Waals surface area contributed by atoms with Crippen LogP contribution in [0.5, 0.6) is 0 Å². The van der Waals surface area contributed by atoms with Crippen molar-refractivity contribution in [1.29, 1.82) is 0 Å². The van der Waals surface area contributed by atoms with E-state index in [-0.39, 0.29) is 42.1 Å². The molecule has 45 heavy (non-hydrogen) atoms. The number of piperidine rings is 1. The molecule has 13 heteroatoms. The van der Waals surface area contributed by atoms with Crippen LogP contribution in [0.4, 0.5) is 34.8 Å². The second kappa shape index (κ2) is 14.0. The van der Waals surface area contributed by atoms with Gasteiger partial charge in [-0.05, 0) is 60.7 Å². The zero-order chi connectivity index (χ0) is 32.9. The van der Waals surface area contributed by atoms with Crippen LogP contribution in [-0.4, -0.2) is 50.5 Å². The molecule has 1 amide bonds. The molecule has 1 atom stereocenters. The number of benzene rings is 2. The standard InChI is InChI=1S/C32H36F4N4O4S/c1-4-30(42)40(24-8-6-5-7-9-24)25-16-18-39(19-17-25)31-22(12-15-29(37-31)32(34,35)36)11-14-28(41)21(2)23-10-13-27(26(33)20-23)38-45(3,43)44/h5-10,12-13,15,20-21,25,38H,4,11,14,16-19H2,1-3H3. The van der Waals surface area contributed by atoms with Crippen molar-refractivity contribution in [2.75, 3.05) is 33.9 Å². The van der Waals surface area contributed by atoms with Crippen LogP contribution in [0, 0.1) is 5.82 Å². The van der Waals surface area contributed by atoms with Gasteiger partial charge in [0.1, 0.15) is 23.1 Å². The average molecular weight is 649 g/mol. The van der Waals surface area contributed by atoms with Gasteiger partial charge in [0.2, 0.25) is 15.9 Å². The number of para-hydroxylation sites is 1. The maximum Gasteiger partial charge on any atom is 0.433 e. The van der Waals surface area contributed by atoms with E-state index < -0.39 is 33.6 Å². The number of aromatic nitrogens is 1. The highest BCUT2D eigenvalue weighted by atomic mass is 32.2. The molecule has 0 radical (unpaired) electrons. The molecule has 0 aliphatic carbocycles. The summed E-state index contributed by atoms with van der Waals surface area (Å²) in [5.74, 6) is -1.72. The van der Waals surface area contributed by atoms with Crippen molar-refractivity contribution in [1.82, 2.24) is 4.98 Å². The van der Waals surface area contributed by atoms with Crippen LogP contribution >= 0.6 is 0 Å². The number of nitrogens with zero attached hydrogens (tertiary/aromatic N) is 3. The highest BCUT2D eigenvalue weighted by molar-refractivity contribution is 7.92. The highest BCUT2D eigenvalue weighted by Gasteiger charge is 2.35. The van der Waals surface area contributed by atoms with Crippen LogP contribution in [-0.2, 0) is 32.2 Å². The average Bonchev–Trinajstić information content (AvgIpc) is 3.00. The Morgan fingerprint density at radius 2 is 1.73 bits per heavy atom. The molecule has 1 fully saturated rings. The number of rotatable bonds is 11. The quantitative estimate of drug-likeness (QED) is 0.244. The number of ketones is 1. The molecule has 2 aromatic carbocycles. The number of halogens is 4. The van der Waals surface area contributed by atoms with Gasteiger partial charge in [-0.2, -0.15) is 13.2 Å². The lowest BCUT2D eigenvalue weighted by atomic mass is 9.92. The third kappa shape index (κ3) is 8.59. The molecule has 1 unspecified atom stereocenters. The van der Waals surface area contributed by atoms with Gasteiger partial charge in [0.25, 0.3) is 0 Å². The molecule has 1 saturated heterocycles. The van der Waals surface area contributed by atoms with Gasteiger partial charge in [0.15, 0.2) is 0 Å². The van der Waals surface area contributed by atoms with Gasteiger partial charge in [-0.3, -0.25) is 14.3 Å². The first-order valence-corrected chi connectivity index (χ1v) is 16.6. The minimum atomic E-state index is -4.66. The lowest BCUT2D eigenvalue weighted by molar-refractivity contribution is -0.141. The lowest BCUT2D eigenvalue weighted by Crippen LogP contribution is -2.48. The number of pyridine rings is 1. The summed E-state index contributed by atoms with van der Waals surface area (Å²) in [6.45, 7) is 4.11. The van der Waals surface area contributed by atoms with Gasteiger partial charge in [-0.1, -0.05) is 44.2 Å². The fraction of sp³-hybridized carbons (Fsp3) is 0.406. The second-order valence-electron chi connectivity index (χ2n) is 11.1. The number of carbonyl (C=O) groups is 2. The first-order chi connectivity index (χ1) is 21.2. The van der Waals surface area contributed by atoms with Gasteiger partial charge in [-0.15, -0.1) is 0 Å². The molecular formula is C32H36F4N4O4S. The third-order valence-corrected chi connectivity index (χ3v) is 8.48. The number of Topliss-reactive ketones (excluding diaryl/α,β-unsaturated/α-hetero) is 1. The Kier molecular flexibility index (Phi) is 10.5. The van der Waals surface area contributed by atoms with Crippen LogP contribution in [0.3, 0.4) is 0 Å². The van der Waals surface area contributed by atoms with Crippen molar-refractivity contribution in [2.45, 2.75) is 64.1 Å². The number of hydrogen-bond acceptors (Lipinski definition) is 6. The zero-order valence-corrected chi connectivity index (χ0v) is 26.1. The second-order valence-corrected chi connectivity index (χ2v) is 12.9. The summed E-state index contributed by atoms with van der Waals surface area (Å²) < 4.78 is 80.5. The van der Waals surface area contributed by atoms with E-state index in [1.54, 1.807) is 23.6 Å². The molecule has 1 aliphatic rings. The summed E-state index contributed by atoms with van der Waals surface area (Å²) in [6.07, 6.45) is -2.33. The van der Waals surface area contributed by atoms with Crippen molar-refractivity contribution < 1.29 is 35.6 Å². The van der Waals surface area contributed by atoms with Crippen molar-refractivity contribution in [2.24, 2.45) is 0 Å². The molecular weight excluding hydrogens is 612 g/mol. The fourth-order valence-electron chi connectivity index (χ4n) is 5.50. The number of anilines is 3. The Morgan fingerprint density at radius 3 is 2.31 bits per heavy atom. The molecule has 0 bridgehead atoms. The number of sulfonamides is 1. The molecule has 1 aromatic heterocycles. The van der Waals surface area contributed by atoms with Gasteiger partial charge in [0.05, 0.1) is 11.9 Å². The molecule has 1 N–H and O–H groups in total. The van der Waals surface area contributed by atoms with E-state index in [2.05, 4.69) is 9.71 Å². The molecule has 1 aliphatic heterocycles. The topological polar surface area (TPSA) is 99.7 Å². The Hall–Kier alpha value is -4.00. The summed E-state index contributed by atoms with van der Waals surface area (Å²) in [5.41, 5.74) is 0.318. The first-order valence-electron chi connectivity index (χ1n) is 14.7. The van der Waals surface area contributed by atoms with E-state index in [1.807, 2.05) is 30.3 Å². The SMILES string of the molecule is CCC(=O)N(c1ccccc1)C1CCN(c2nc(C(F)(F)F)ccc2CCC(=O)C(C)c2ccc(NS(C)(=O)=O)c(F)c2)CC1. The summed E-state index contributed by atoms with van der Waals surface area (Å²) in [4.78, 5) is 33.5. The van der Waals surface area contributed by atoms with Crippen LogP contribution < -0.4 is 14.5 Å². The number of hydrogen-bond donors (Lipinski definition) is 1. The Morgan fingerprint density at radius 1 is 1.07 bits per heavy atom. The molecule has 3 aromatic rings. The number of carbonyl (C=O) groups excluding carboxylic acids is 2. The molecule has 2 heterocycles. The monoisotopic (exact) mass is 648 g/mol. The number of aryl methyl sites for hydroxylation is 1. The predicted octanol–water partition coefficient (Wildman–Crippen LogP) is 6.33. The predicted molar refractivity (Wildman–Crippen MR) is 165 cm³/mol. The lowest BCUT2D eigenvalue weighted by Gasteiger charge is -2.39. The zero-order valence-electron chi connectivity index (χ0n) is 25.3. The van der Waals surface area contributed by atoms with Crippen LogP contribution in [0.25, 0.3) is 0 Å². The summed E-state index contributed by atoms with van der Waals surface area (Å²) >= 11 is 0. The molecule has 4 rings (SSSR count). The van der Waals surface area contributed by atoms with Crippen LogP contribution in [0.15, 0.2) is 60.7 Å². The van der Waals surface area contributed by atoms with Crippen LogP contribution in [0.2, 0.25) is 0 Å². The normalized spacial score (nSPS) is 15.0. The van der Waals surface area contributed by atoms with E-state index in [9.17, 15) is 35.6 Å². The molecule has 0 saturated carbocycles. The first kappa shape index (κ1) is 33.9. The Bertz CT molecular complexity index is 1630. The van der Waals surface area contributed by atoms with Crippen LogP contribution in [0.1, 0.15) is 62.3 Å². The third-order valence-electron chi connectivity index (χ3n) is 7.89. The number of alkyl halides is 3. The molecule has 8 nitrogen and oxygen atoms in total. The Balaban J connectivity index is 1.50. The van der Waals surface area contributed by atoms with E-state index in [0.29, 0.717) is 43.5 Å². The van der Waals surface area contributed by atoms with E-state index in [1.165, 1.54) is 18.2 Å². The molecule has 242 valence electrons. The minimum absolute atomic E-state index is 0.0323.